The number of nitrogens with zero attached hydrogens (tertiary/aromatic N) is 1. The summed E-state index contributed by atoms with van der Waals surface area (Å²) in [5.74, 6) is 0. The zero-order chi connectivity index (χ0) is 16.8. The van der Waals surface area contributed by atoms with Gasteiger partial charge in [-0.3, -0.25) is 0 Å². The molecule has 8 heteroatoms. The van der Waals surface area contributed by atoms with Gasteiger partial charge in [-0.25, -0.2) is 17.9 Å². The third kappa shape index (κ3) is 4.97. The molecule has 0 saturated carbocycles. The van der Waals surface area contributed by atoms with Crippen molar-refractivity contribution in [3.05, 3.63) is 29.8 Å². The number of carbonyl (C=O) groups is 1. The van der Waals surface area contributed by atoms with Gasteiger partial charge >= 0.3 is 6.03 Å². The molecule has 1 atom stereocenters. The number of rotatable bonds is 7. The highest BCUT2D eigenvalue weighted by Crippen LogP contribution is 2.10. The van der Waals surface area contributed by atoms with E-state index in [0.717, 1.165) is 5.56 Å². The fourth-order valence-corrected chi connectivity index (χ4v) is 2.49. The summed E-state index contributed by atoms with van der Waals surface area (Å²) in [5, 5.41) is 2.78. The zero-order valence-corrected chi connectivity index (χ0v) is 14.1. The molecule has 0 saturated heterocycles. The zero-order valence-electron chi connectivity index (χ0n) is 13.3. The Morgan fingerprint density at radius 1 is 1.32 bits per heavy atom. The van der Waals surface area contributed by atoms with Crippen LogP contribution in [-0.2, 0) is 21.3 Å². The van der Waals surface area contributed by atoms with Gasteiger partial charge in [0.25, 0.3) is 0 Å². The van der Waals surface area contributed by atoms with Crippen LogP contribution in [0.25, 0.3) is 0 Å². The van der Waals surface area contributed by atoms with Crippen LogP contribution in [-0.4, -0.2) is 53.2 Å². The van der Waals surface area contributed by atoms with Gasteiger partial charge in [-0.1, -0.05) is 12.1 Å². The number of carbonyl (C=O) groups excluding carboxylic acids is 1. The van der Waals surface area contributed by atoms with Crippen molar-refractivity contribution in [2.24, 2.45) is 0 Å². The third-order valence-corrected chi connectivity index (χ3v) is 4.77. The lowest BCUT2D eigenvalue weighted by Crippen LogP contribution is -2.43. The van der Waals surface area contributed by atoms with Gasteiger partial charge in [0, 0.05) is 20.7 Å². The first-order valence-corrected chi connectivity index (χ1v) is 8.32. The number of methoxy groups -OCH3 is 1. The molecule has 2 N–H and O–H groups in total. The summed E-state index contributed by atoms with van der Waals surface area (Å²) in [6.45, 7) is 2.67. The summed E-state index contributed by atoms with van der Waals surface area (Å²) in [7, 11) is 1.21. The molecule has 0 aromatic heterocycles. The van der Waals surface area contributed by atoms with E-state index in [9.17, 15) is 13.2 Å². The molecule has 124 valence electrons. The summed E-state index contributed by atoms with van der Waals surface area (Å²) in [6, 6.07) is 6.10. The van der Waals surface area contributed by atoms with Crippen LogP contribution in [0.1, 0.15) is 12.5 Å². The molecule has 0 bridgehead atoms. The summed E-state index contributed by atoms with van der Waals surface area (Å²) in [4.78, 5) is 13.7. The summed E-state index contributed by atoms with van der Waals surface area (Å²) in [5.41, 5.74) is 0.816. The SMILES string of the molecule is CNS(=O)(=O)c1ccc(CNC(=O)N(C)[C@H](C)COC)cc1. The number of nitrogens with one attached hydrogen (secondary N) is 2. The molecule has 0 heterocycles. The van der Waals surface area contributed by atoms with Crippen molar-refractivity contribution >= 4 is 16.1 Å². The Balaban J connectivity index is 2.60. The van der Waals surface area contributed by atoms with Crippen LogP contribution in [0.5, 0.6) is 0 Å². The quantitative estimate of drug-likeness (QED) is 0.773. The predicted molar refractivity (Wildman–Crippen MR) is 84.0 cm³/mol. The highest BCUT2D eigenvalue weighted by molar-refractivity contribution is 7.89. The largest absolute Gasteiger partial charge is 0.383 e. The number of benzene rings is 1. The first kappa shape index (κ1) is 18.4. The fourth-order valence-electron chi connectivity index (χ4n) is 1.76. The van der Waals surface area contributed by atoms with Crippen LogP contribution in [0.4, 0.5) is 4.79 Å². The standard InChI is InChI=1S/C14H23N3O4S/c1-11(10-21-4)17(3)14(18)16-9-12-5-7-13(8-6-12)22(19,20)15-2/h5-8,11,15H,9-10H2,1-4H3,(H,16,18)/t11-/m1/s1. The van der Waals surface area contributed by atoms with Crippen LogP contribution in [0.15, 0.2) is 29.2 Å². The third-order valence-electron chi connectivity index (χ3n) is 3.34. The second-order valence-electron chi connectivity index (χ2n) is 4.93. The minimum Gasteiger partial charge on any atom is -0.383 e. The molecule has 0 radical (unpaired) electrons. The van der Waals surface area contributed by atoms with Gasteiger partial charge in [0.05, 0.1) is 17.5 Å². The minimum absolute atomic E-state index is 0.0341. The maximum atomic E-state index is 12.0. The van der Waals surface area contributed by atoms with Crippen LogP contribution in [0.3, 0.4) is 0 Å². The van der Waals surface area contributed by atoms with E-state index >= 15 is 0 Å². The number of hydrogen-bond donors (Lipinski definition) is 2. The Labute approximate surface area is 131 Å². The second-order valence-corrected chi connectivity index (χ2v) is 6.81. The van der Waals surface area contributed by atoms with E-state index in [1.807, 2.05) is 6.92 Å². The van der Waals surface area contributed by atoms with E-state index in [0.29, 0.717) is 13.2 Å². The molecule has 0 aliphatic carbocycles. The van der Waals surface area contributed by atoms with Crippen molar-refractivity contribution in [2.45, 2.75) is 24.4 Å². The van der Waals surface area contributed by atoms with Crippen molar-refractivity contribution in [1.29, 1.82) is 0 Å². The Morgan fingerprint density at radius 3 is 2.41 bits per heavy atom. The topological polar surface area (TPSA) is 87.7 Å². The molecule has 1 aromatic rings. The molecule has 0 aliphatic heterocycles. The fraction of sp³-hybridized carbons (Fsp3) is 0.500. The molecular formula is C14H23N3O4S. The second kappa shape index (κ2) is 8.11. The van der Waals surface area contributed by atoms with Crippen LogP contribution >= 0.6 is 0 Å². The lowest BCUT2D eigenvalue weighted by molar-refractivity contribution is 0.123. The molecule has 2 amide bonds. The number of ether oxygens (including phenoxy) is 1. The van der Waals surface area contributed by atoms with Crippen molar-refractivity contribution in [2.75, 3.05) is 27.8 Å². The maximum Gasteiger partial charge on any atom is 0.317 e. The van der Waals surface area contributed by atoms with Gasteiger partial charge in [0.15, 0.2) is 0 Å². The summed E-state index contributed by atoms with van der Waals surface area (Å²) < 4.78 is 30.5. The molecule has 7 nitrogen and oxygen atoms in total. The van der Waals surface area contributed by atoms with E-state index in [2.05, 4.69) is 10.0 Å². The normalized spacial score (nSPS) is 12.7. The Bertz CT molecular complexity index is 587. The van der Waals surface area contributed by atoms with Crippen LogP contribution in [0, 0.1) is 0 Å². The number of sulfonamides is 1. The number of urea groups is 1. The maximum absolute atomic E-state index is 12.0. The molecule has 1 aromatic carbocycles. The number of amides is 2. The lowest BCUT2D eigenvalue weighted by Gasteiger charge is -2.24. The monoisotopic (exact) mass is 329 g/mol. The van der Waals surface area contributed by atoms with E-state index in [1.54, 1.807) is 31.2 Å². The predicted octanol–water partition coefficient (Wildman–Crippen LogP) is 0.771. The summed E-state index contributed by atoms with van der Waals surface area (Å²) in [6.07, 6.45) is 0. The van der Waals surface area contributed by atoms with E-state index in [1.165, 1.54) is 19.2 Å². The van der Waals surface area contributed by atoms with E-state index in [-0.39, 0.29) is 17.0 Å². The molecule has 0 aliphatic rings. The van der Waals surface area contributed by atoms with E-state index in [4.69, 9.17) is 4.74 Å². The Morgan fingerprint density at radius 2 is 1.91 bits per heavy atom. The van der Waals surface area contributed by atoms with Crippen molar-refractivity contribution < 1.29 is 17.9 Å². The molecule has 22 heavy (non-hydrogen) atoms. The molecule has 0 unspecified atom stereocenters. The van der Waals surface area contributed by atoms with Gasteiger partial charge in [-0.15, -0.1) is 0 Å². The van der Waals surface area contributed by atoms with Crippen LogP contribution < -0.4 is 10.0 Å². The molecule has 1 rings (SSSR count). The lowest BCUT2D eigenvalue weighted by atomic mass is 10.2. The smallest absolute Gasteiger partial charge is 0.317 e. The first-order valence-electron chi connectivity index (χ1n) is 6.84. The highest BCUT2D eigenvalue weighted by Gasteiger charge is 2.15. The number of likely N-dealkylation sites (N-methyl/N-ethyl adjacent to an activating group) is 1. The van der Waals surface area contributed by atoms with Gasteiger partial charge in [-0.05, 0) is 31.7 Å². The average molecular weight is 329 g/mol. The van der Waals surface area contributed by atoms with Gasteiger partial charge in [-0.2, -0.15) is 0 Å². The van der Waals surface area contributed by atoms with Gasteiger partial charge in [0.2, 0.25) is 10.0 Å². The molecular weight excluding hydrogens is 306 g/mol. The Hall–Kier alpha value is -1.64. The van der Waals surface area contributed by atoms with E-state index < -0.39 is 10.0 Å². The first-order chi connectivity index (χ1) is 10.3. The van der Waals surface area contributed by atoms with Crippen LogP contribution in [0.2, 0.25) is 0 Å². The van der Waals surface area contributed by atoms with Crippen molar-refractivity contribution in [1.82, 2.24) is 14.9 Å². The van der Waals surface area contributed by atoms with Crippen molar-refractivity contribution in [3.63, 3.8) is 0 Å². The average Bonchev–Trinajstić information content (AvgIpc) is 2.52. The summed E-state index contributed by atoms with van der Waals surface area (Å²) >= 11 is 0. The molecule has 0 spiro atoms. The Kier molecular flexibility index (Phi) is 6.79. The molecule has 0 fully saturated rings. The minimum atomic E-state index is -3.44. The van der Waals surface area contributed by atoms with Gasteiger partial charge in [0.1, 0.15) is 0 Å². The highest BCUT2D eigenvalue weighted by atomic mass is 32.2. The van der Waals surface area contributed by atoms with Crippen molar-refractivity contribution in [3.8, 4) is 0 Å². The number of hydrogen-bond acceptors (Lipinski definition) is 4. The van der Waals surface area contributed by atoms with Gasteiger partial charge < -0.3 is 15.0 Å².